The molecule has 1 aromatic rings. The first-order valence-corrected chi connectivity index (χ1v) is 9.23. The molecule has 0 radical (unpaired) electrons. The minimum atomic E-state index is 0.0965. The second-order valence-electron chi connectivity index (χ2n) is 6.56. The van der Waals surface area contributed by atoms with Gasteiger partial charge in [0.05, 0.1) is 15.1 Å². The normalized spacial score (nSPS) is 28.0. The van der Waals surface area contributed by atoms with Crippen LogP contribution < -0.4 is 5.32 Å². The number of hydrogen-bond acceptors (Lipinski definition) is 3. The van der Waals surface area contributed by atoms with Crippen LogP contribution in [0.15, 0.2) is 6.07 Å². The topological polar surface area (TPSA) is 49.3 Å². The minimum absolute atomic E-state index is 0.0965. The Morgan fingerprint density at radius 1 is 1.04 bits per heavy atom. The Kier molecular flexibility index (Phi) is 5.42. The highest BCUT2D eigenvalue weighted by Gasteiger charge is 2.34. The van der Waals surface area contributed by atoms with Crippen LogP contribution in [0.1, 0.15) is 43.6 Å². The number of aromatic hydroxyl groups is 1. The van der Waals surface area contributed by atoms with Crippen molar-refractivity contribution in [3.8, 4) is 5.75 Å². The maximum atomic E-state index is 12.5. The fourth-order valence-corrected chi connectivity index (χ4v) is 4.64. The van der Waals surface area contributed by atoms with Crippen molar-refractivity contribution < 1.29 is 9.90 Å². The molecular weight excluding hydrogens is 357 g/mol. The quantitative estimate of drug-likeness (QED) is 0.745. The van der Waals surface area contributed by atoms with E-state index < -0.39 is 0 Å². The Bertz CT molecular complexity index is 606. The predicted octanol–water partition coefficient (Wildman–Crippen LogP) is 4.80. The van der Waals surface area contributed by atoms with Crippen molar-refractivity contribution in [2.45, 2.75) is 38.0 Å². The molecule has 0 spiro atoms. The Morgan fingerprint density at radius 3 is 2.35 bits per heavy atom. The maximum absolute atomic E-state index is 12.5. The lowest BCUT2D eigenvalue weighted by Crippen LogP contribution is -2.28. The highest BCUT2D eigenvalue weighted by Crippen LogP contribution is 2.47. The number of ketones is 1. The van der Waals surface area contributed by atoms with Gasteiger partial charge in [-0.15, -0.1) is 0 Å². The van der Waals surface area contributed by atoms with Gasteiger partial charge < -0.3 is 10.4 Å². The Labute approximate surface area is 151 Å². The number of phenols is 1. The van der Waals surface area contributed by atoms with E-state index in [4.69, 9.17) is 34.8 Å². The van der Waals surface area contributed by atoms with Gasteiger partial charge in [0, 0.05) is 30.0 Å². The van der Waals surface area contributed by atoms with Crippen molar-refractivity contribution in [3.63, 3.8) is 0 Å². The lowest BCUT2D eigenvalue weighted by Gasteiger charge is -2.30. The van der Waals surface area contributed by atoms with Gasteiger partial charge >= 0.3 is 0 Å². The summed E-state index contributed by atoms with van der Waals surface area (Å²) in [6.07, 6.45) is 4.31. The second kappa shape index (κ2) is 7.18. The first-order chi connectivity index (χ1) is 11.0. The standard InChI is InChI=1S/C17H20Cl3NO2/c18-12-7-13(22)14(16(20)15(12)19)9-1-3-10(4-2-9)17(23)11-5-6-21-8-11/h7,9-11,21-22H,1-6,8H2/t9?,10?,11-/m0/s1. The SMILES string of the molecule is O=C(C1CCC(c2c(O)cc(Cl)c(Cl)c2Cl)CC1)[C@H]1CCNC1. The van der Waals surface area contributed by atoms with E-state index >= 15 is 0 Å². The third kappa shape index (κ3) is 3.48. The fourth-order valence-electron chi connectivity index (χ4n) is 3.88. The number of halogens is 3. The molecule has 3 rings (SSSR count). The number of carbonyl (C=O) groups is 1. The van der Waals surface area contributed by atoms with Crippen molar-refractivity contribution in [1.29, 1.82) is 0 Å². The first kappa shape index (κ1) is 17.3. The van der Waals surface area contributed by atoms with Gasteiger partial charge in [0.1, 0.15) is 11.5 Å². The summed E-state index contributed by atoms with van der Waals surface area (Å²) >= 11 is 18.3. The molecule has 0 unspecified atom stereocenters. The van der Waals surface area contributed by atoms with Crippen LogP contribution in [0.3, 0.4) is 0 Å². The van der Waals surface area contributed by atoms with Crippen LogP contribution in [0.25, 0.3) is 0 Å². The van der Waals surface area contributed by atoms with Gasteiger partial charge in [-0.05, 0) is 44.6 Å². The maximum Gasteiger partial charge on any atom is 0.140 e. The van der Waals surface area contributed by atoms with E-state index in [0.29, 0.717) is 16.4 Å². The third-order valence-electron chi connectivity index (χ3n) is 5.18. The van der Waals surface area contributed by atoms with Crippen LogP contribution >= 0.6 is 34.8 Å². The molecule has 6 heteroatoms. The van der Waals surface area contributed by atoms with Crippen LogP contribution in [0.5, 0.6) is 5.75 Å². The zero-order valence-corrected chi connectivity index (χ0v) is 15.0. The van der Waals surface area contributed by atoms with E-state index in [1.54, 1.807) is 0 Å². The number of phenolic OH excluding ortho intramolecular Hbond substituents is 1. The van der Waals surface area contributed by atoms with Crippen molar-refractivity contribution in [2.75, 3.05) is 13.1 Å². The van der Waals surface area contributed by atoms with Crippen LogP contribution in [-0.4, -0.2) is 24.0 Å². The third-order valence-corrected chi connectivity index (χ3v) is 6.46. The summed E-state index contributed by atoms with van der Waals surface area (Å²) in [5.74, 6) is 0.943. The van der Waals surface area contributed by atoms with Gasteiger partial charge in [-0.3, -0.25) is 4.79 Å². The average molecular weight is 377 g/mol. The summed E-state index contributed by atoms with van der Waals surface area (Å²) in [6, 6.07) is 1.45. The summed E-state index contributed by atoms with van der Waals surface area (Å²) in [5.41, 5.74) is 0.675. The summed E-state index contributed by atoms with van der Waals surface area (Å²) in [4.78, 5) is 12.5. The molecule has 1 aliphatic heterocycles. The lowest BCUT2D eigenvalue weighted by atomic mass is 9.74. The molecule has 2 fully saturated rings. The predicted molar refractivity (Wildman–Crippen MR) is 93.8 cm³/mol. The lowest BCUT2D eigenvalue weighted by molar-refractivity contribution is -0.127. The highest BCUT2D eigenvalue weighted by molar-refractivity contribution is 6.48. The van der Waals surface area contributed by atoms with E-state index in [1.807, 2.05) is 0 Å². The number of benzene rings is 1. The molecule has 3 nitrogen and oxygen atoms in total. The van der Waals surface area contributed by atoms with Gasteiger partial charge in [-0.2, -0.15) is 0 Å². The van der Waals surface area contributed by atoms with E-state index in [0.717, 1.165) is 45.2 Å². The number of Topliss-reactive ketones (excluding diaryl/α,β-unsaturated/α-hetero) is 1. The molecular formula is C17H20Cl3NO2. The molecule has 126 valence electrons. The van der Waals surface area contributed by atoms with Crippen molar-refractivity contribution in [1.82, 2.24) is 5.32 Å². The van der Waals surface area contributed by atoms with Crippen molar-refractivity contribution >= 4 is 40.6 Å². The molecule has 0 aromatic heterocycles. The largest absolute Gasteiger partial charge is 0.508 e. The number of hydrogen-bond donors (Lipinski definition) is 2. The molecule has 1 heterocycles. The highest BCUT2D eigenvalue weighted by atomic mass is 35.5. The number of carbonyl (C=O) groups excluding carboxylic acids is 1. The molecule has 2 N–H and O–H groups in total. The fraction of sp³-hybridized carbons (Fsp3) is 0.588. The summed E-state index contributed by atoms with van der Waals surface area (Å²) < 4.78 is 0. The van der Waals surface area contributed by atoms with Gasteiger partial charge in [0.15, 0.2) is 0 Å². The Balaban J connectivity index is 1.70. The summed E-state index contributed by atoms with van der Waals surface area (Å²) in [7, 11) is 0. The zero-order chi connectivity index (χ0) is 16.6. The smallest absolute Gasteiger partial charge is 0.140 e. The number of nitrogens with one attached hydrogen (secondary N) is 1. The Morgan fingerprint density at radius 2 is 1.74 bits per heavy atom. The molecule has 2 aliphatic rings. The number of rotatable bonds is 3. The summed E-state index contributed by atoms with van der Waals surface area (Å²) in [5, 5.41) is 14.3. The van der Waals surface area contributed by atoms with Gasteiger partial charge in [-0.1, -0.05) is 34.8 Å². The van der Waals surface area contributed by atoms with Crippen LogP contribution in [-0.2, 0) is 4.79 Å². The second-order valence-corrected chi connectivity index (χ2v) is 7.72. The average Bonchev–Trinajstić information content (AvgIpc) is 3.07. The van der Waals surface area contributed by atoms with Crippen LogP contribution in [0.4, 0.5) is 0 Å². The van der Waals surface area contributed by atoms with Crippen LogP contribution in [0.2, 0.25) is 15.1 Å². The minimum Gasteiger partial charge on any atom is -0.508 e. The molecule has 0 amide bonds. The van der Waals surface area contributed by atoms with Crippen molar-refractivity contribution in [3.05, 3.63) is 26.7 Å². The van der Waals surface area contributed by atoms with E-state index in [2.05, 4.69) is 5.32 Å². The Hall–Kier alpha value is -0.480. The molecule has 1 saturated carbocycles. The molecule has 1 aromatic carbocycles. The first-order valence-electron chi connectivity index (χ1n) is 8.09. The molecule has 1 saturated heterocycles. The van der Waals surface area contributed by atoms with E-state index in [9.17, 15) is 9.90 Å². The van der Waals surface area contributed by atoms with E-state index in [1.165, 1.54) is 6.07 Å². The van der Waals surface area contributed by atoms with Gasteiger partial charge in [0.25, 0.3) is 0 Å². The molecule has 1 atom stereocenters. The molecule has 1 aliphatic carbocycles. The van der Waals surface area contributed by atoms with Gasteiger partial charge in [0.2, 0.25) is 0 Å². The van der Waals surface area contributed by atoms with Gasteiger partial charge in [-0.25, -0.2) is 0 Å². The van der Waals surface area contributed by atoms with Crippen LogP contribution in [0, 0.1) is 11.8 Å². The summed E-state index contributed by atoms with van der Waals surface area (Å²) in [6.45, 7) is 1.76. The molecule has 0 bridgehead atoms. The van der Waals surface area contributed by atoms with Crippen molar-refractivity contribution in [2.24, 2.45) is 11.8 Å². The molecule has 23 heavy (non-hydrogen) atoms. The monoisotopic (exact) mass is 375 g/mol. The van der Waals surface area contributed by atoms with E-state index in [-0.39, 0.29) is 33.5 Å². The zero-order valence-electron chi connectivity index (χ0n) is 12.7.